The minimum atomic E-state index is -1.03. The zero-order valence-electron chi connectivity index (χ0n) is 10.7. The van der Waals surface area contributed by atoms with Crippen LogP contribution in [0.4, 0.5) is 0 Å². The number of nitrogens with zero attached hydrogens (tertiary/aromatic N) is 4. The smallest absolute Gasteiger partial charge is 0.303 e. The van der Waals surface area contributed by atoms with Crippen molar-refractivity contribution in [2.24, 2.45) is 0 Å². The van der Waals surface area contributed by atoms with Crippen LogP contribution in [0.15, 0.2) is 18.2 Å². The van der Waals surface area contributed by atoms with Crippen molar-refractivity contribution in [3.05, 3.63) is 28.2 Å². The molecule has 9 heteroatoms. The van der Waals surface area contributed by atoms with E-state index >= 15 is 0 Å². The molecule has 0 radical (unpaired) electrons. The van der Waals surface area contributed by atoms with Crippen LogP contribution in [0, 0.1) is 0 Å². The van der Waals surface area contributed by atoms with Gasteiger partial charge in [-0.05, 0) is 17.3 Å². The van der Waals surface area contributed by atoms with Crippen molar-refractivity contribution in [2.75, 3.05) is 0 Å². The maximum atomic E-state index is 11.6. The quantitative estimate of drug-likeness (QED) is 0.871. The topological polar surface area (TPSA) is 98.0 Å². The van der Waals surface area contributed by atoms with Crippen LogP contribution in [-0.2, 0) is 16.1 Å². The third-order valence-corrected chi connectivity index (χ3v) is 3.20. The van der Waals surface area contributed by atoms with E-state index in [0.29, 0.717) is 15.6 Å². The number of carboxylic acid groups (broad SMARTS) is 1. The fourth-order valence-electron chi connectivity index (χ4n) is 1.60. The van der Waals surface area contributed by atoms with Crippen molar-refractivity contribution in [3.63, 3.8) is 0 Å². The van der Waals surface area contributed by atoms with Crippen LogP contribution in [-0.4, -0.2) is 37.1 Å². The molecule has 0 amide bonds. The van der Waals surface area contributed by atoms with Gasteiger partial charge in [0.25, 0.3) is 0 Å². The molecule has 7 nitrogen and oxygen atoms in total. The molecule has 1 heterocycles. The molecular weight excluding hydrogens is 319 g/mol. The number of halogens is 2. The number of ketones is 1. The Morgan fingerprint density at radius 2 is 1.86 bits per heavy atom. The second kappa shape index (κ2) is 6.64. The number of carbonyl (C=O) groups excluding carboxylic acids is 1. The summed E-state index contributed by atoms with van der Waals surface area (Å²) in [5, 5.41) is 20.8. The van der Waals surface area contributed by atoms with Crippen LogP contribution in [0.3, 0.4) is 0 Å². The fourth-order valence-corrected chi connectivity index (χ4v) is 2.17. The van der Waals surface area contributed by atoms with Crippen molar-refractivity contribution in [1.29, 1.82) is 0 Å². The summed E-state index contributed by atoms with van der Waals surface area (Å²) in [7, 11) is 0. The lowest BCUT2D eigenvalue weighted by Gasteiger charge is -2.01. The van der Waals surface area contributed by atoms with Gasteiger partial charge in [-0.15, -0.1) is 10.2 Å². The van der Waals surface area contributed by atoms with E-state index in [0.717, 1.165) is 4.80 Å². The number of rotatable bonds is 6. The number of carbonyl (C=O) groups is 2. The first-order valence-corrected chi connectivity index (χ1v) is 6.68. The molecule has 0 atom stereocenters. The van der Waals surface area contributed by atoms with Gasteiger partial charge in [0.15, 0.2) is 5.78 Å². The number of aliphatic carboxylic acids is 1. The summed E-state index contributed by atoms with van der Waals surface area (Å²) >= 11 is 12.1. The van der Waals surface area contributed by atoms with E-state index in [1.54, 1.807) is 18.2 Å². The first-order chi connectivity index (χ1) is 9.97. The van der Waals surface area contributed by atoms with Gasteiger partial charge in [-0.25, -0.2) is 0 Å². The number of hydrogen-bond donors (Lipinski definition) is 1. The molecule has 0 unspecified atom stereocenters. The Bertz CT molecular complexity index is 667. The van der Waals surface area contributed by atoms with Gasteiger partial charge in [-0.2, -0.15) is 4.80 Å². The summed E-state index contributed by atoms with van der Waals surface area (Å²) in [6, 6.07) is 4.97. The van der Waals surface area contributed by atoms with Crippen LogP contribution < -0.4 is 0 Å². The SMILES string of the molecule is O=C(O)CCC(=O)Cn1nnc(-c2c(Cl)cccc2Cl)n1. The van der Waals surface area contributed by atoms with E-state index in [1.165, 1.54) is 0 Å². The molecule has 0 spiro atoms. The van der Waals surface area contributed by atoms with Crippen molar-refractivity contribution in [2.45, 2.75) is 19.4 Å². The molecule has 0 bridgehead atoms. The maximum absolute atomic E-state index is 11.6. The maximum Gasteiger partial charge on any atom is 0.303 e. The summed E-state index contributed by atoms with van der Waals surface area (Å²) in [6.07, 6.45) is -0.310. The highest BCUT2D eigenvalue weighted by Gasteiger charge is 2.15. The number of Topliss-reactive ketones (excluding diaryl/α,β-unsaturated/α-hetero) is 1. The summed E-state index contributed by atoms with van der Waals surface area (Å²) in [5.41, 5.74) is 0.435. The number of benzene rings is 1. The van der Waals surface area contributed by atoms with Gasteiger partial charge in [-0.1, -0.05) is 29.3 Å². The van der Waals surface area contributed by atoms with E-state index in [2.05, 4.69) is 15.4 Å². The highest BCUT2D eigenvalue weighted by molar-refractivity contribution is 6.38. The van der Waals surface area contributed by atoms with E-state index in [-0.39, 0.29) is 31.0 Å². The van der Waals surface area contributed by atoms with Gasteiger partial charge < -0.3 is 5.11 Å². The molecule has 0 aliphatic heterocycles. The molecule has 0 saturated carbocycles. The Labute approximate surface area is 129 Å². The monoisotopic (exact) mass is 328 g/mol. The molecule has 0 aliphatic carbocycles. The largest absolute Gasteiger partial charge is 0.481 e. The zero-order chi connectivity index (χ0) is 15.4. The number of hydrogen-bond acceptors (Lipinski definition) is 5. The molecule has 110 valence electrons. The minimum absolute atomic E-state index is 0.0843. The van der Waals surface area contributed by atoms with E-state index < -0.39 is 5.97 Å². The Morgan fingerprint density at radius 3 is 2.48 bits per heavy atom. The molecule has 2 rings (SSSR count). The van der Waals surface area contributed by atoms with Gasteiger partial charge in [0.1, 0.15) is 6.54 Å². The number of carboxylic acids is 1. The number of aromatic nitrogens is 4. The number of tetrazole rings is 1. The normalized spacial score (nSPS) is 10.6. The van der Waals surface area contributed by atoms with Gasteiger partial charge in [0, 0.05) is 6.42 Å². The third kappa shape index (κ3) is 3.99. The third-order valence-electron chi connectivity index (χ3n) is 2.57. The molecule has 0 aliphatic rings. The predicted molar refractivity (Wildman–Crippen MR) is 75.1 cm³/mol. The van der Waals surface area contributed by atoms with Crippen molar-refractivity contribution in [3.8, 4) is 11.4 Å². The second-order valence-corrected chi connectivity index (χ2v) is 4.99. The molecule has 21 heavy (non-hydrogen) atoms. The van der Waals surface area contributed by atoms with Crippen LogP contribution in [0.5, 0.6) is 0 Å². The van der Waals surface area contributed by atoms with Gasteiger partial charge in [0.05, 0.1) is 22.0 Å². The van der Waals surface area contributed by atoms with Gasteiger partial charge in [-0.3, -0.25) is 9.59 Å². The highest BCUT2D eigenvalue weighted by Crippen LogP contribution is 2.31. The highest BCUT2D eigenvalue weighted by atomic mass is 35.5. The van der Waals surface area contributed by atoms with Gasteiger partial charge >= 0.3 is 5.97 Å². The summed E-state index contributed by atoms with van der Waals surface area (Å²) < 4.78 is 0. The van der Waals surface area contributed by atoms with Gasteiger partial charge in [0.2, 0.25) is 5.82 Å². The lowest BCUT2D eigenvalue weighted by atomic mass is 10.2. The predicted octanol–water partition coefficient (Wildman–Crippen LogP) is 2.08. The minimum Gasteiger partial charge on any atom is -0.481 e. The van der Waals surface area contributed by atoms with Crippen LogP contribution >= 0.6 is 23.2 Å². The van der Waals surface area contributed by atoms with E-state index in [1.807, 2.05) is 0 Å². The van der Waals surface area contributed by atoms with Crippen LogP contribution in [0.1, 0.15) is 12.8 Å². The average molecular weight is 329 g/mol. The van der Waals surface area contributed by atoms with E-state index in [9.17, 15) is 9.59 Å². The molecule has 2 aromatic rings. The Hall–Kier alpha value is -1.99. The Balaban J connectivity index is 2.12. The molecule has 0 saturated heterocycles. The molecular formula is C12H10Cl2N4O3. The standard InChI is InChI=1S/C12H10Cl2N4O3/c13-8-2-1-3-9(14)11(8)12-15-17-18(16-12)6-7(19)4-5-10(20)21/h1-3H,4-6H2,(H,20,21). The van der Waals surface area contributed by atoms with Crippen LogP contribution in [0.2, 0.25) is 10.0 Å². The lowest BCUT2D eigenvalue weighted by molar-refractivity contribution is -0.138. The Morgan fingerprint density at radius 1 is 1.19 bits per heavy atom. The van der Waals surface area contributed by atoms with Crippen LogP contribution in [0.25, 0.3) is 11.4 Å². The molecule has 1 N–H and O–H groups in total. The second-order valence-electron chi connectivity index (χ2n) is 4.17. The summed E-state index contributed by atoms with van der Waals surface area (Å²) in [6.45, 7) is -0.150. The first-order valence-electron chi connectivity index (χ1n) is 5.93. The van der Waals surface area contributed by atoms with Crippen molar-refractivity contribution < 1.29 is 14.7 Å². The molecule has 0 fully saturated rings. The first kappa shape index (κ1) is 15.4. The zero-order valence-corrected chi connectivity index (χ0v) is 12.2. The summed E-state index contributed by atoms with van der Waals surface area (Å²) in [5.74, 6) is -1.12. The summed E-state index contributed by atoms with van der Waals surface area (Å²) in [4.78, 5) is 23.0. The molecule has 1 aromatic heterocycles. The average Bonchev–Trinajstić information content (AvgIpc) is 2.84. The lowest BCUT2D eigenvalue weighted by Crippen LogP contribution is -2.14. The van der Waals surface area contributed by atoms with Crippen molar-refractivity contribution in [1.82, 2.24) is 20.2 Å². The van der Waals surface area contributed by atoms with Crippen molar-refractivity contribution >= 4 is 35.0 Å². The fraction of sp³-hybridized carbons (Fsp3) is 0.250. The Kier molecular flexibility index (Phi) is 4.87. The van der Waals surface area contributed by atoms with E-state index in [4.69, 9.17) is 28.3 Å². The molecule has 1 aromatic carbocycles.